The summed E-state index contributed by atoms with van der Waals surface area (Å²) < 4.78 is 4.12. The number of pyridine rings is 1. The lowest BCUT2D eigenvalue weighted by Gasteiger charge is -2.01. The van der Waals surface area contributed by atoms with Crippen molar-refractivity contribution in [3.05, 3.63) is 35.5 Å². The van der Waals surface area contributed by atoms with E-state index in [1.165, 1.54) is 0 Å². The van der Waals surface area contributed by atoms with Gasteiger partial charge in [0.05, 0.1) is 0 Å². The van der Waals surface area contributed by atoms with Crippen LogP contribution < -0.4 is 5.73 Å². The Hall–Kier alpha value is -1.72. The molecule has 0 saturated heterocycles. The zero-order valence-electron chi connectivity index (χ0n) is 8.59. The zero-order valence-corrected chi connectivity index (χ0v) is 10.2. The van der Waals surface area contributed by atoms with Crippen LogP contribution >= 0.6 is 23.1 Å². The Morgan fingerprint density at radius 2 is 2.00 bits per heavy atom. The van der Waals surface area contributed by atoms with Crippen molar-refractivity contribution >= 4 is 39.0 Å². The van der Waals surface area contributed by atoms with Gasteiger partial charge in [0.25, 0.3) is 0 Å². The van der Waals surface area contributed by atoms with Crippen molar-refractivity contribution in [2.75, 3.05) is 5.73 Å². The average molecular weight is 263 g/mol. The second kappa shape index (κ2) is 3.94. The van der Waals surface area contributed by atoms with Crippen LogP contribution in [-0.4, -0.2) is 14.3 Å². The Bertz CT molecular complexity index is 695. The van der Waals surface area contributed by atoms with Crippen LogP contribution in [0.4, 0.5) is 5.13 Å². The molecule has 4 nitrogen and oxygen atoms in total. The molecule has 0 saturated carbocycles. The number of nitrogen functional groups attached to an aromatic ring is 1. The van der Waals surface area contributed by atoms with Crippen LogP contribution in [0.25, 0.3) is 22.3 Å². The first kappa shape index (κ1) is 10.4. The molecule has 0 unspecified atom stereocenters. The normalized spacial score (nSPS) is 10.9. The summed E-state index contributed by atoms with van der Waals surface area (Å²) >= 11 is 7.27. The first-order chi connectivity index (χ1) is 8.24. The predicted molar refractivity (Wildman–Crippen MR) is 70.1 cm³/mol. The van der Waals surface area contributed by atoms with Gasteiger partial charge in [0.1, 0.15) is 10.8 Å². The number of rotatable bonds is 1. The molecule has 2 N–H and O–H groups in total. The number of anilines is 1. The summed E-state index contributed by atoms with van der Waals surface area (Å²) in [6, 6.07) is 9.68. The minimum absolute atomic E-state index is 0.422. The highest BCUT2D eigenvalue weighted by Gasteiger charge is 2.09. The quantitative estimate of drug-likeness (QED) is 0.685. The van der Waals surface area contributed by atoms with Gasteiger partial charge >= 0.3 is 0 Å². The van der Waals surface area contributed by atoms with Crippen LogP contribution in [0.5, 0.6) is 0 Å². The summed E-state index contributed by atoms with van der Waals surface area (Å²) in [6.45, 7) is 0. The Morgan fingerprint density at radius 1 is 1.18 bits per heavy atom. The minimum atomic E-state index is 0.422. The molecule has 0 amide bonds. The lowest BCUT2D eigenvalue weighted by Crippen LogP contribution is -1.89. The number of benzene rings is 1. The van der Waals surface area contributed by atoms with Crippen molar-refractivity contribution in [1.82, 2.24) is 14.3 Å². The molecular weight excluding hydrogens is 256 g/mol. The molecule has 0 spiro atoms. The molecule has 0 aliphatic rings. The second-order valence-electron chi connectivity index (χ2n) is 3.48. The number of nitrogens with two attached hydrogens (primary N) is 1. The van der Waals surface area contributed by atoms with Gasteiger partial charge in [-0.25, -0.2) is 4.98 Å². The van der Waals surface area contributed by atoms with Crippen molar-refractivity contribution in [2.24, 2.45) is 0 Å². The Labute approximate surface area is 106 Å². The largest absolute Gasteiger partial charge is 0.374 e. The van der Waals surface area contributed by atoms with Crippen LogP contribution in [0.15, 0.2) is 30.3 Å². The lowest BCUT2D eigenvalue weighted by atomic mass is 10.1. The van der Waals surface area contributed by atoms with Gasteiger partial charge in [0.2, 0.25) is 0 Å². The van der Waals surface area contributed by atoms with Gasteiger partial charge in [-0.2, -0.15) is 9.36 Å². The smallest absolute Gasteiger partial charge is 0.200 e. The van der Waals surface area contributed by atoms with Gasteiger partial charge in [-0.3, -0.25) is 0 Å². The highest BCUT2D eigenvalue weighted by molar-refractivity contribution is 7.09. The van der Waals surface area contributed by atoms with Crippen molar-refractivity contribution in [3.8, 4) is 11.5 Å². The molecule has 17 heavy (non-hydrogen) atoms. The van der Waals surface area contributed by atoms with Crippen molar-refractivity contribution < 1.29 is 0 Å². The predicted octanol–water partition coefficient (Wildman–Crippen LogP) is 2.99. The number of fused-ring (bicyclic) bond motifs is 1. The van der Waals surface area contributed by atoms with E-state index in [1.54, 1.807) is 0 Å². The van der Waals surface area contributed by atoms with E-state index in [2.05, 4.69) is 14.3 Å². The summed E-state index contributed by atoms with van der Waals surface area (Å²) in [6.07, 6.45) is 0. The van der Waals surface area contributed by atoms with E-state index in [-0.39, 0.29) is 0 Å². The summed E-state index contributed by atoms with van der Waals surface area (Å²) in [7, 11) is 0. The maximum atomic E-state index is 6.12. The lowest BCUT2D eigenvalue weighted by molar-refractivity contribution is 1.25. The molecule has 0 fully saturated rings. The first-order valence-electron chi connectivity index (χ1n) is 4.89. The maximum Gasteiger partial charge on any atom is 0.200 e. The molecule has 0 radical (unpaired) electrons. The van der Waals surface area contributed by atoms with Crippen LogP contribution in [0.3, 0.4) is 0 Å². The first-order valence-corrected chi connectivity index (χ1v) is 6.04. The van der Waals surface area contributed by atoms with E-state index < -0.39 is 0 Å². The molecule has 3 rings (SSSR count). The van der Waals surface area contributed by atoms with Crippen molar-refractivity contribution in [3.63, 3.8) is 0 Å². The highest BCUT2D eigenvalue weighted by atomic mass is 35.5. The highest BCUT2D eigenvalue weighted by Crippen LogP contribution is 2.26. The van der Waals surface area contributed by atoms with E-state index in [4.69, 9.17) is 17.3 Å². The summed E-state index contributed by atoms with van der Waals surface area (Å²) in [5.74, 6) is 0.514. The number of halogens is 1. The molecule has 0 aliphatic heterocycles. The summed E-state index contributed by atoms with van der Waals surface area (Å²) in [5.41, 5.74) is 6.19. The number of nitrogens with zero attached hydrogens (tertiary/aromatic N) is 3. The molecule has 84 valence electrons. The van der Waals surface area contributed by atoms with Gasteiger partial charge in [0, 0.05) is 16.9 Å². The van der Waals surface area contributed by atoms with Crippen molar-refractivity contribution in [2.45, 2.75) is 0 Å². The van der Waals surface area contributed by atoms with Crippen LogP contribution in [0.2, 0.25) is 5.15 Å². The monoisotopic (exact) mass is 262 g/mol. The Balaban J connectivity index is 2.25. The van der Waals surface area contributed by atoms with Gasteiger partial charge < -0.3 is 5.73 Å². The molecule has 1 aromatic carbocycles. The topological polar surface area (TPSA) is 64.7 Å². The molecule has 2 heterocycles. The molecule has 0 aliphatic carbocycles. The summed E-state index contributed by atoms with van der Waals surface area (Å²) in [5, 5.41) is 2.80. The Morgan fingerprint density at radius 3 is 2.76 bits per heavy atom. The third-order valence-corrected chi connectivity index (χ3v) is 3.20. The van der Waals surface area contributed by atoms with Gasteiger partial charge in [-0.15, -0.1) is 0 Å². The van der Waals surface area contributed by atoms with E-state index in [1.807, 2.05) is 30.3 Å². The number of aromatic nitrogens is 3. The maximum absolute atomic E-state index is 6.12. The molecule has 2 aromatic heterocycles. The fraction of sp³-hybridized carbons (Fsp3) is 0. The van der Waals surface area contributed by atoms with Crippen LogP contribution in [0.1, 0.15) is 0 Å². The standard InChI is InChI=1S/C11H7ClN4S/c12-9-7-4-2-1-3-6(7)5-8(14-9)10-15-11(13)17-16-10/h1-5H,(H2,13,15,16). The minimum Gasteiger partial charge on any atom is -0.374 e. The second-order valence-corrected chi connectivity index (χ2v) is 4.62. The van der Waals surface area contributed by atoms with E-state index in [9.17, 15) is 0 Å². The molecule has 3 aromatic rings. The fourth-order valence-corrected chi connectivity index (χ4v) is 2.31. The van der Waals surface area contributed by atoms with E-state index in [0.29, 0.717) is 21.8 Å². The van der Waals surface area contributed by atoms with Gasteiger partial charge in [-0.05, 0) is 11.5 Å². The number of hydrogen-bond acceptors (Lipinski definition) is 5. The summed E-state index contributed by atoms with van der Waals surface area (Å²) in [4.78, 5) is 8.37. The van der Waals surface area contributed by atoms with Crippen LogP contribution in [-0.2, 0) is 0 Å². The zero-order chi connectivity index (χ0) is 11.8. The molecular formula is C11H7ClN4S. The van der Waals surface area contributed by atoms with Gasteiger partial charge in [0.15, 0.2) is 11.0 Å². The van der Waals surface area contributed by atoms with E-state index >= 15 is 0 Å². The molecule has 0 bridgehead atoms. The number of hydrogen-bond donors (Lipinski definition) is 1. The third-order valence-electron chi connectivity index (χ3n) is 2.36. The molecule has 6 heteroatoms. The van der Waals surface area contributed by atoms with E-state index in [0.717, 1.165) is 22.3 Å². The fourth-order valence-electron chi connectivity index (χ4n) is 1.61. The van der Waals surface area contributed by atoms with Crippen LogP contribution in [0, 0.1) is 0 Å². The molecule has 0 atom stereocenters. The SMILES string of the molecule is Nc1nc(-c2cc3ccccc3c(Cl)n2)ns1. The third kappa shape index (κ3) is 1.83. The average Bonchev–Trinajstić information content (AvgIpc) is 2.76. The Kier molecular flexibility index (Phi) is 2.42. The van der Waals surface area contributed by atoms with Gasteiger partial charge in [-0.1, -0.05) is 35.9 Å². The van der Waals surface area contributed by atoms with Crippen molar-refractivity contribution in [1.29, 1.82) is 0 Å².